The first kappa shape index (κ1) is 13.5. The Balaban J connectivity index is 2.22. The fourth-order valence-corrected chi connectivity index (χ4v) is 2.09. The van der Waals surface area contributed by atoms with Crippen molar-refractivity contribution in [3.8, 4) is 0 Å². The molecule has 0 saturated heterocycles. The van der Waals surface area contributed by atoms with Crippen molar-refractivity contribution in [2.24, 2.45) is 5.73 Å². The van der Waals surface area contributed by atoms with Crippen LogP contribution in [0.2, 0.25) is 0 Å². The van der Waals surface area contributed by atoms with Gasteiger partial charge < -0.3 is 5.73 Å². The van der Waals surface area contributed by atoms with Gasteiger partial charge in [0.15, 0.2) is 5.78 Å². The Hall–Kier alpha value is -1.93. The third-order valence-corrected chi connectivity index (χ3v) is 3.25. The van der Waals surface area contributed by atoms with Crippen molar-refractivity contribution in [3.05, 3.63) is 70.8 Å². The van der Waals surface area contributed by atoms with Gasteiger partial charge in [0.25, 0.3) is 0 Å². The minimum Gasteiger partial charge on any atom is -0.330 e. The maximum absolute atomic E-state index is 12.4. The Labute approximate surface area is 114 Å². The van der Waals surface area contributed by atoms with Crippen molar-refractivity contribution in [1.29, 1.82) is 0 Å². The van der Waals surface area contributed by atoms with Gasteiger partial charge in [0, 0.05) is 11.1 Å². The standard InChI is InChI=1S/C17H19NO/c1-2-13-4-3-5-16(12-13)17(19)15-8-6-14(7-9-15)10-11-18/h3-9,12H,2,10-11,18H2,1H3. The van der Waals surface area contributed by atoms with E-state index in [-0.39, 0.29) is 5.78 Å². The number of hydrogen-bond donors (Lipinski definition) is 1. The predicted molar refractivity (Wildman–Crippen MR) is 78.5 cm³/mol. The van der Waals surface area contributed by atoms with Crippen LogP contribution in [0, 0.1) is 0 Å². The second-order valence-electron chi connectivity index (χ2n) is 4.62. The maximum atomic E-state index is 12.4. The van der Waals surface area contributed by atoms with Gasteiger partial charge in [0.05, 0.1) is 0 Å². The molecule has 19 heavy (non-hydrogen) atoms. The number of benzene rings is 2. The molecule has 2 N–H and O–H groups in total. The van der Waals surface area contributed by atoms with Gasteiger partial charge in [-0.1, -0.05) is 49.4 Å². The maximum Gasteiger partial charge on any atom is 0.193 e. The van der Waals surface area contributed by atoms with Crippen molar-refractivity contribution in [1.82, 2.24) is 0 Å². The first-order valence-electron chi connectivity index (χ1n) is 6.67. The molecule has 0 unspecified atom stereocenters. The Kier molecular flexibility index (Phi) is 4.48. The molecule has 0 amide bonds. The minimum absolute atomic E-state index is 0.0783. The summed E-state index contributed by atoms with van der Waals surface area (Å²) in [4.78, 5) is 12.4. The second-order valence-corrected chi connectivity index (χ2v) is 4.62. The lowest BCUT2D eigenvalue weighted by molar-refractivity contribution is 0.103. The SMILES string of the molecule is CCc1cccc(C(=O)c2ccc(CCN)cc2)c1. The van der Waals surface area contributed by atoms with Crippen LogP contribution in [0.4, 0.5) is 0 Å². The molecule has 0 radical (unpaired) electrons. The van der Waals surface area contributed by atoms with Crippen LogP contribution in [0.15, 0.2) is 48.5 Å². The fraction of sp³-hybridized carbons (Fsp3) is 0.235. The van der Waals surface area contributed by atoms with Crippen LogP contribution in [0.5, 0.6) is 0 Å². The van der Waals surface area contributed by atoms with Gasteiger partial charge in [-0.15, -0.1) is 0 Å². The van der Waals surface area contributed by atoms with E-state index in [1.807, 2.05) is 48.5 Å². The third kappa shape index (κ3) is 3.30. The molecule has 0 fully saturated rings. The molecule has 0 bridgehead atoms. The molecular formula is C17H19NO. The molecule has 2 aromatic rings. The summed E-state index contributed by atoms with van der Waals surface area (Å²) >= 11 is 0. The van der Waals surface area contributed by atoms with Gasteiger partial charge >= 0.3 is 0 Å². The predicted octanol–water partition coefficient (Wildman–Crippen LogP) is 2.98. The molecule has 0 aliphatic heterocycles. The molecule has 2 aromatic carbocycles. The van der Waals surface area contributed by atoms with Gasteiger partial charge in [-0.25, -0.2) is 0 Å². The molecule has 0 atom stereocenters. The van der Waals surface area contributed by atoms with Crippen LogP contribution in [0.25, 0.3) is 0 Å². The number of rotatable bonds is 5. The molecule has 2 rings (SSSR count). The van der Waals surface area contributed by atoms with E-state index >= 15 is 0 Å². The van der Waals surface area contributed by atoms with E-state index in [1.54, 1.807) is 0 Å². The largest absolute Gasteiger partial charge is 0.330 e. The van der Waals surface area contributed by atoms with Crippen LogP contribution in [0.3, 0.4) is 0 Å². The van der Waals surface area contributed by atoms with E-state index in [4.69, 9.17) is 5.73 Å². The quantitative estimate of drug-likeness (QED) is 0.832. The second kappa shape index (κ2) is 6.30. The smallest absolute Gasteiger partial charge is 0.193 e. The zero-order valence-electron chi connectivity index (χ0n) is 11.2. The van der Waals surface area contributed by atoms with Crippen LogP contribution in [0.1, 0.15) is 34.0 Å². The third-order valence-electron chi connectivity index (χ3n) is 3.25. The summed E-state index contributed by atoms with van der Waals surface area (Å²) in [5, 5.41) is 0. The molecule has 0 aromatic heterocycles. The van der Waals surface area contributed by atoms with Crippen LogP contribution in [-0.2, 0) is 12.8 Å². The van der Waals surface area contributed by atoms with Crippen LogP contribution < -0.4 is 5.73 Å². The lowest BCUT2D eigenvalue weighted by Crippen LogP contribution is -2.04. The number of ketones is 1. The minimum atomic E-state index is 0.0783. The average Bonchev–Trinajstić information content (AvgIpc) is 2.48. The molecule has 0 saturated carbocycles. The summed E-state index contributed by atoms with van der Waals surface area (Å²) in [6, 6.07) is 15.5. The Morgan fingerprint density at radius 2 is 1.74 bits per heavy atom. The summed E-state index contributed by atoms with van der Waals surface area (Å²) in [5.41, 5.74) is 9.35. The molecular weight excluding hydrogens is 234 g/mol. The van der Waals surface area contributed by atoms with Crippen molar-refractivity contribution in [2.75, 3.05) is 6.54 Å². The lowest BCUT2D eigenvalue weighted by atomic mass is 9.99. The summed E-state index contributed by atoms with van der Waals surface area (Å²) in [5.74, 6) is 0.0783. The summed E-state index contributed by atoms with van der Waals surface area (Å²) in [6.07, 6.45) is 1.79. The Morgan fingerprint density at radius 3 is 2.37 bits per heavy atom. The Morgan fingerprint density at radius 1 is 1.00 bits per heavy atom. The molecule has 0 heterocycles. The highest BCUT2D eigenvalue weighted by Crippen LogP contribution is 2.13. The fourth-order valence-electron chi connectivity index (χ4n) is 2.09. The molecule has 2 nitrogen and oxygen atoms in total. The number of nitrogens with two attached hydrogens (primary N) is 1. The van der Waals surface area contributed by atoms with Gasteiger partial charge in [0.2, 0.25) is 0 Å². The highest BCUT2D eigenvalue weighted by molar-refractivity contribution is 6.09. The van der Waals surface area contributed by atoms with E-state index in [9.17, 15) is 4.79 Å². The van der Waals surface area contributed by atoms with Gasteiger partial charge in [-0.2, -0.15) is 0 Å². The van der Waals surface area contributed by atoms with Gasteiger partial charge in [-0.3, -0.25) is 4.79 Å². The molecule has 0 aliphatic carbocycles. The van der Waals surface area contributed by atoms with E-state index in [0.717, 1.165) is 24.0 Å². The first-order chi connectivity index (χ1) is 9.24. The van der Waals surface area contributed by atoms with E-state index in [0.29, 0.717) is 6.54 Å². The monoisotopic (exact) mass is 253 g/mol. The lowest BCUT2D eigenvalue weighted by Gasteiger charge is -2.05. The zero-order valence-corrected chi connectivity index (χ0v) is 11.2. The van der Waals surface area contributed by atoms with E-state index < -0.39 is 0 Å². The van der Waals surface area contributed by atoms with Gasteiger partial charge in [0.1, 0.15) is 0 Å². The van der Waals surface area contributed by atoms with Crippen molar-refractivity contribution in [2.45, 2.75) is 19.8 Å². The molecule has 98 valence electrons. The zero-order chi connectivity index (χ0) is 13.7. The summed E-state index contributed by atoms with van der Waals surface area (Å²) in [7, 11) is 0. The van der Waals surface area contributed by atoms with Crippen molar-refractivity contribution >= 4 is 5.78 Å². The highest BCUT2D eigenvalue weighted by atomic mass is 16.1. The number of hydrogen-bond acceptors (Lipinski definition) is 2. The highest BCUT2D eigenvalue weighted by Gasteiger charge is 2.09. The summed E-state index contributed by atoms with van der Waals surface area (Å²) in [6.45, 7) is 2.72. The van der Waals surface area contributed by atoms with Crippen molar-refractivity contribution in [3.63, 3.8) is 0 Å². The number of carbonyl (C=O) groups is 1. The molecule has 0 spiro atoms. The average molecular weight is 253 g/mol. The van der Waals surface area contributed by atoms with E-state index in [1.165, 1.54) is 11.1 Å². The topological polar surface area (TPSA) is 43.1 Å². The molecule has 2 heteroatoms. The number of aryl methyl sites for hydroxylation is 1. The van der Waals surface area contributed by atoms with Crippen molar-refractivity contribution < 1.29 is 4.79 Å². The number of carbonyl (C=O) groups excluding carboxylic acids is 1. The summed E-state index contributed by atoms with van der Waals surface area (Å²) < 4.78 is 0. The first-order valence-corrected chi connectivity index (χ1v) is 6.67. The van der Waals surface area contributed by atoms with Crippen LogP contribution in [-0.4, -0.2) is 12.3 Å². The normalized spacial score (nSPS) is 10.4. The molecule has 0 aliphatic rings. The van der Waals surface area contributed by atoms with Crippen LogP contribution >= 0.6 is 0 Å². The van der Waals surface area contributed by atoms with Gasteiger partial charge in [-0.05, 0) is 36.6 Å². The van der Waals surface area contributed by atoms with E-state index in [2.05, 4.69) is 6.92 Å². The Bertz CT molecular complexity index is 558.